The van der Waals surface area contributed by atoms with Gasteiger partial charge < -0.3 is 10.6 Å². The molecule has 0 unspecified atom stereocenters. The summed E-state index contributed by atoms with van der Waals surface area (Å²) in [5.41, 5.74) is 1.55. The van der Waals surface area contributed by atoms with E-state index >= 15 is 0 Å². The monoisotopic (exact) mass is 365 g/mol. The molecular formula is C17H20ClN3O2S. The standard InChI is InChI=1S/C17H20ClN3O2S/c1-10(2)20-14(22)7-8-19-16(23)15-11(3)21-17(24-15)12-5-4-6-13(18)9-12/h4-6,9-10H,7-8H2,1-3H3,(H,19,23)(H,20,22). The van der Waals surface area contributed by atoms with Crippen LogP contribution in [0.25, 0.3) is 10.6 Å². The molecule has 1 aromatic heterocycles. The third kappa shape index (κ3) is 5.04. The third-order valence-corrected chi connectivity index (χ3v) is 4.60. The normalized spacial score (nSPS) is 10.7. The third-order valence-electron chi connectivity index (χ3n) is 3.16. The highest BCUT2D eigenvalue weighted by Crippen LogP contribution is 2.29. The molecule has 0 bridgehead atoms. The largest absolute Gasteiger partial charge is 0.354 e. The molecule has 0 spiro atoms. The Bertz CT molecular complexity index is 743. The van der Waals surface area contributed by atoms with Crippen LogP contribution in [-0.2, 0) is 4.79 Å². The number of thiazole rings is 1. The summed E-state index contributed by atoms with van der Waals surface area (Å²) in [5, 5.41) is 6.93. The van der Waals surface area contributed by atoms with Crippen molar-refractivity contribution in [3.05, 3.63) is 39.9 Å². The van der Waals surface area contributed by atoms with Crippen molar-refractivity contribution in [2.45, 2.75) is 33.2 Å². The molecule has 2 N–H and O–H groups in total. The number of amides is 2. The molecule has 7 heteroatoms. The maximum Gasteiger partial charge on any atom is 0.263 e. The zero-order chi connectivity index (χ0) is 17.7. The minimum absolute atomic E-state index is 0.0778. The van der Waals surface area contributed by atoms with Crippen molar-refractivity contribution in [2.24, 2.45) is 0 Å². The predicted molar refractivity (Wildman–Crippen MR) is 97.5 cm³/mol. The first-order valence-corrected chi connectivity index (χ1v) is 8.87. The Morgan fingerprint density at radius 1 is 1.33 bits per heavy atom. The molecule has 24 heavy (non-hydrogen) atoms. The van der Waals surface area contributed by atoms with Gasteiger partial charge in [0.25, 0.3) is 5.91 Å². The van der Waals surface area contributed by atoms with Crippen LogP contribution in [0.15, 0.2) is 24.3 Å². The van der Waals surface area contributed by atoms with Gasteiger partial charge in [-0.2, -0.15) is 0 Å². The van der Waals surface area contributed by atoms with Crippen molar-refractivity contribution < 1.29 is 9.59 Å². The van der Waals surface area contributed by atoms with Gasteiger partial charge in [0, 0.05) is 29.6 Å². The number of nitrogens with zero attached hydrogens (tertiary/aromatic N) is 1. The molecule has 5 nitrogen and oxygen atoms in total. The average molecular weight is 366 g/mol. The van der Waals surface area contributed by atoms with E-state index in [1.54, 1.807) is 13.0 Å². The highest BCUT2D eigenvalue weighted by molar-refractivity contribution is 7.17. The number of halogens is 1. The van der Waals surface area contributed by atoms with Gasteiger partial charge in [-0.15, -0.1) is 11.3 Å². The molecule has 1 heterocycles. The Balaban J connectivity index is 1.99. The summed E-state index contributed by atoms with van der Waals surface area (Å²) >= 11 is 7.31. The number of hydrogen-bond acceptors (Lipinski definition) is 4. The molecule has 0 saturated carbocycles. The summed E-state index contributed by atoms with van der Waals surface area (Å²) in [6.45, 7) is 5.88. The lowest BCUT2D eigenvalue weighted by Gasteiger charge is -2.08. The molecular weight excluding hydrogens is 346 g/mol. The number of carbonyl (C=O) groups excluding carboxylic acids is 2. The van der Waals surface area contributed by atoms with Crippen molar-refractivity contribution in [1.82, 2.24) is 15.6 Å². The van der Waals surface area contributed by atoms with E-state index in [1.165, 1.54) is 11.3 Å². The Morgan fingerprint density at radius 3 is 2.75 bits per heavy atom. The van der Waals surface area contributed by atoms with Crippen molar-refractivity contribution >= 4 is 34.8 Å². The second kappa shape index (κ2) is 8.26. The second-order valence-electron chi connectivity index (χ2n) is 5.67. The Morgan fingerprint density at radius 2 is 2.08 bits per heavy atom. The number of hydrogen-bond donors (Lipinski definition) is 2. The molecule has 0 aliphatic rings. The van der Waals surface area contributed by atoms with Gasteiger partial charge in [0.05, 0.1) is 5.69 Å². The first-order valence-electron chi connectivity index (χ1n) is 7.67. The van der Waals surface area contributed by atoms with E-state index in [0.29, 0.717) is 22.1 Å². The van der Waals surface area contributed by atoms with Gasteiger partial charge in [0.15, 0.2) is 0 Å². The van der Waals surface area contributed by atoms with E-state index in [0.717, 1.165) is 10.6 Å². The Labute approximate surface area is 150 Å². The van der Waals surface area contributed by atoms with E-state index < -0.39 is 0 Å². The van der Waals surface area contributed by atoms with E-state index in [1.807, 2.05) is 32.0 Å². The van der Waals surface area contributed by atoms with Crippen molar-refractivity contribution in [3.63, 3.8) is 0 Å². The number of carbonyl (C=O) groups is 2. The molecule has 2 amide bonds. The van der Waals surface area contributed by atoms with Crippen molar-refractivity contribution in [1.29, 1.82) is 0 Å². The first kappa shape index (κ1) is 18.4. The maximum absolute atomic E-state index is 12.3. The van der Waals surface area contributed by atoms with Crippen LogP contribution >= 0.6 is 22.9 Å². The van der Waals surface area contributed by atoms with Crippen LogP contribution in [0, 0.1) is 6.92 Å². The molecule has 0 fully saturated rings. The van der Waals surface area contributed by atoms with Gasteiger partial charge in [-0.25, -0.2) is 4.98 Å². The van der Waals surface area contributed by atoms with Crippen LogP contribution in [-0.4, -0.2) is 29.4 Å². The summed E-state index contributed by atoms with van der Waals surface area (Å²) in [6, 6.07) is 7.46. The molecule has 2 rings (SSSR count). The number of aromatic nitrogens is 1. The van der Waals surface area contributed by atoms with E-state index in [2.05, 4.69) is 15.6 Å². The highest BCUT2D eigenvalue weighted by Gasteiger charge is 2.16. The fraction of sp³-hybridized carbons (Fsp3) is 0.353. The quantitative estimate of drug-likeness (QED) is 0.824. The maximum atomic E-state index is 12.3. The highest BCUT2D eigenvalue weighted by atomic mass is 35.5. The van der Waals surface area contributed by atoms with Gasteiger partial charge in [0.2, 0.25) is 5.91 Å². The van der Waals surface area contributed by atoms with Crippen LogP contribution in [0.4, 0.5) is 0 Å². The molecule has 0 aliphatic carbocycles. The Kier molecular flexibility index (Phi) is 6.34. The molecule has 0 atom stereocenters. The smallest absolute Gasteiger partial charge is 0.263 e. The number of rotatable bonds is 6. The number of aryl methyl sites for hydroxylation is 1. The number of benzene rings is 1. The summed E-state index contributed by atoms with van der Waals surface area (Å²) < 4.78 is 0. The van der Waals surface area contributed by atoms with Crippen LogP contribution in [0.1, 0.15) is 35.6 Å². The fourth-order valence-corrected chi connectivity index (χ4v) is 3.29. The first-order chi connectivity index (χ1) is 11.4. The van der Waals surface area contributed by atoms with Gasteiger partial charge in [-0.05, 0) is 32.9 Å². The Hall–Kier alpha value is -1.92. The molecule has 1 aromatic carbocycles. The second-order valence-corrected chi connectivity index (χ2v) is 7.11. The number of nitrogens with one attached hydrogen (secondary N) is 2. The van der Waals surface area contributed by atoms with Crippen molar-refractivity contribution in [2.75, 3.05) is 6.54 Å². The predicted octanol–water partition coefficient (Wildman–Crippen LogP) is 3.42. The summed E-state index contributed by atoms with van der Waals surface area (Å²) in [6.07, 6.45) is 0.253. The van der Waals surface area contributed by atoms with Gasteiger partial charge in [-0.3, -0.25) is 9.59 Å². The van der Waals surface area contributed by atoms with Gasteiger partial charge in [-0.1, -0.05) is 23.7 Å². The minimum atomic E-state index is -0.212. The van der Waals surface area contributed by atoms with E-state index in [9.17, 15) is 9.59 Å². The molecule has 0 aliphatic heterocycles. The lowest BCUT2D eigenvalue weighted by Crippen LogP contribution is -2.34. The van der Waals surface area contributed by atoms with Gasteiger partial charge >= 0.3 is 0 Å². The van der Waals surface area contributed by atoms with E-state index in [4.69, 9.17) is 11.6 Å². The lowest BCUT2D eigenvalue weighted by molar-refractivity contribution is -0.121. The van der Waals surface area contributed by atoms with Crippen LogP contribution in [0.2, 0.25) is 5.02 Å². The zero-order valence-electron chi connectivity index (χ0n) is 13.9. The van der Waals surface area contributed by atoms with Crippen molar-refractivity contribution in [3.8, 4) is 10.6 Å². The molecule has 0 saturated heterocycles. The van der Waals surface area contributed by atoms with Gasteiger partial charge in [0.1, 0.15) is 9.88 Å². The molecule has 128 valence electrons. The zero-order valence-corrected chi connectivity index (χ0v) is 15.4. The SMILES string of the molecule is Cc1nc(-c2cccc(Cl)c2)sc1C(=O)NCCC(=O)NC(C)C. The minimum Gasteiger partial charge on any atom is -0.354 e. The topological polar surface area (TPSA) is 71.1 Å². The average Bonchev–Trinajstić information content (AvgIpc) is 2.88. The van der Waals surface area contributed by atoms with Crippen LogP contribution in [0.5, 0.6) is 0 Å². The summed E-state index contributed by atoms with van der Waals surface area (Å²) in [7, 11) is 0. The summed E-state index contributed by atoms with van der Waals surface area (Å²) in [5.74, 6) is -0.290. The van der Waals surface area contributed by atoms with Crippen LogP contribution < -0.4 is 10.6 Å². The fourth-order valence-electron chi connectivity index (χ4n) is 2.12. The summed E-state index contributed by atoms with van der Waals surface area (Å²) in [4.78, 5) is 28.9. The molecule has 0 radical (unpaired) electrons. The molecule has 2 aromatic rings. The van der Waals surface area contributed by atoms with E-state index in [-0.39, 0.29) is 24.3 Å². The van der Waals surface area contributed by atoms with Crippen LogP contribution in [0.3, 0.4) is 0 Å². The lowest BCUT2D eigenvalue weighted by atomic mass is 10.2.